The van der Waals surface area contributed by atoms with E-state index in [-0.39, 0.29) is 30.3 Å². The van der Waals surface area contributed by atoms with Gasteiger partial charge in [0, 0.05) is 42.8 Å². The van der Waals surface area contributed by atoms with Gasteiger partial charge in [-0.3, -0.25) is 9.59 Å². The van der Waals surface area contributed by atoms with Crippen molar-refractivity contribution in [3.8, 4) is 0 Å². The topological polar surface area (TPSA) is 61.4 Å². The van der Waals surface area contributed by atoms with E-state index in [1.165, 1.54) is 6.92 Å². The Morgan fingerprint density at radius 1 is 1.19 bits per heavy atom. The molecule has 1 aliphatic rings. The van der Waals surface area contributed by atoms with Crippen LogP contribution in [-0.2, 0) is 4.79 Å². The van der Waals surface area contributed by atoms with Crippen LogP contribution in [0.4, 0.5) is 5.69 Å². The summed E-state index contributed by atoms with van der Waals surface area (Å²) < 4.78 is 0. The molecule has 3 rings (SSSR count). The Hall–Kier alpha value is -2.08. The molecular weight excluding hydrogens is 373 g/mol. The molecule has 0 aromatic heterocycles. The number of carbonyl (C=O) groups excluding carboxylic acids is 2. The molecule has 1 heterocycles. The number of anilines is 1. The standard InChI is InChI=1S/C19H20ClN3O2.ClH/c1-13(24)22-17-7-5-14(6-8-17)19(25)23-10-9-21-12-18(23)15-3-2-4-16(20)11-15;/h2-8,11,18,21H,9-10,12H2,1H3,(H,22,24);1H. The molecule has 7 heteroatoms. The summed E-state index contributed by atoms with van der Waals surface area (Å²) in [5, 5.41) is 6.70. The molecule has 0 aliphatic carbocycles. The van der Waals surface area contributed by atoms with Gasteiger partial charge in [0.05, 0.1) is 6.04 Å². The number of halogens is 2. The number of carbonyl (C=O) groups is 2. The minimum atomic E-state index is -0.137. The third kappa shape index (κ3) is 4.75. The van der Waals surface area contributed by atoms with Crippen LogP contribution in [0.3, 0.4) is 0 Å². The van der Waals surface area contributed by atoms with Crippen molar-refractivity contribution in [3.63, 3.8) is 0 Å². The van der Waals surface area contributed by atoms with Gasteiger partial charge in [-0.1, -0.05) is 23.7 Å². The van der Waals surface area contributed by atoms with Crippen LogP contribution in [0.5, 0.6) is 0 Å². The summed E-state index contributed by atoms with van der Waals surface area (Å²) >= 11 is 6.11. The van der Waals surface area contributed by atoms with Crippen molar-refractivity contribution < 1.29 is 9.59 Å². The molecule has 26 heavy (non-hydrogen) atoms. The Morgan fingerprint density at radius 2 is 1.92 bits per heavy atom. The predicted octanol–water partition coefficient (Wildman–Crippen LogP) is 3.51. The Balaban J connectivity index is 0.00000243. The average Bonchev–Trinajstić information content (AvgIpc) is 2.61. The quantitative estimate of drug-likeness (QED) is 0.838. The molecule has 1 fully saturated rings. The molecule has 2 amide bonds. The fourth-order valence-corrected chi connectivity index (χ4v) is 3.22. The SMILES string of the molecule is CC(=O)Nc1ccc(C(=O)N2CCNCC2c2cccc(Cl)c2)cc1.Cl. The van der Waals surface area contributed by atoms with E-state index < -0.39 is 0 Å². The van der Waals surface area contributed by atoms with Crippen molar-refractivity contribution >= 4 is 41.5 Å². The Morgan fingerprint density at radius 3 is 2.58 bits per heavy atom. The van der Waals surface area contributed by atoms with Crippen LogP contribution >= 0.6 is 24.0 Å². The molecule has 1 aliphatic heterocycles. The summed E-state index contributed by atoms with van der Waals surface area (Å²) in [5.74, 6) is -0.164. The smallest absolute Gasteiger partial charge is 0.254 e. The van der Waals surface area contributed by atoms with Crippen molar-refractivity contribution in [3.05, 3.63) is 64.7 Å². The van der Waals surface area contributed by atoms with E-state index in [2.05, 4.69) is 10.6 Å². The van der Waals surface area contributed by atoms with Gasteiger partial charge in [0.25, 0.3) is 5.91 Å². The molecule has 0 saturated carbocycles. The van der Waals surface area contributed by atoms with Gasteiger partial charge in [-0.25, -0.2) is 0 Å². The van der Waals surface area contributed by atoms with Crippen molar-refractivity contribution in [2.75, 3.05) is 25.0 Å². The van der Waals surface area contributed by atoms with Crippen LogP contribution in [0.1, 0.15) is 28.9 Å². The maximum absolute atomic E-state index is 13.0. The van der Waals surface area contributed by atoms with Crippen LogP contribution in [0.15, 0.2) is 48.5 Å². The molecule has 0 spiro atoms. The van der Waals surface area contributed by atoms with Gasteiger partial charge in [-0.2, -0.15) is 0 Å². The fourth-order valence-electron chi connectivity index (χ4n) is 3.02. The molecular formula is C19H21Cl2N3O2. The first-order valence-corrected chi connectivity index (χ1v) is 8.57. The van der Waals surface area contributed by atoms with Gasteiger partial charge in [-0.15, -0.1) is 12.4 Å². The predicted molar refractivity (Wildman–Crippen MR) is 106 cm³/mol. The van der Waals surface area contributed by atoms with Gasteiger partial charge in [0.1, 0.15) is 0 Å². The molecule has 1 atom stereocenters. The first-order valence-electron chi connectivity index (χ1n) is 8.19. The zero-order valence-electron chi connectivity index (χ0n) is 14.4. The van der Waals surface area contributed by atoms with Crippen molar-refractivity contribution in [1.29, 1.82) is 0 Å². The monoisotopic (exact) mass is 393 g/mol. The summed E-state index contributed by atoms with van der Waals surface area (Å²) in [7, 11) is 0. The fraction of sp³-hybridized carbons (Fsp3) is 0.263. The average molecular weight is 394 g/mol. The lowest BCUT2D eigenvalue weighted by atomic mass is 10.0. The maximum atomic E-state index is 13.0. The van der Waals surface area contributed by atoms with Crippen molar-refractivity contribution in [2.24, 2.45) is 0 Å². The molecule has 138 valence electrons. The lowest BCUT2D eigenvalue weighted by molar-refractivity contribution is -0.114. The second-order valence-electron chi connectivity index (χ2n) is 6.03. The third-order valence-electron chi connectivity index (χ3n) is 4.19. The zero-order valence-corrected chi connectivity index (χ0v) is 15.9. The maximum Gasteiger partial charge on any atom is 0.254 e. The Bertz CT molecular complexity index is 781. The lowest BCUT2D eigenvalue weighted by Crippen LogP contribution is -2.48. The van der Waals surface area contributed by atoms with E-state index in [0.29, 0.717) is 29.4 Å². The lowest BCUT2D eigenvalue weighted by Gasteiger charge is -2.36. The highest BCUT2D eigenvalue weighted by Crippen LogP contribution is 2.26. The molecule has 2 aromatic carbocycles. The highest BCUT2D eigenvalue weighted by Gasteiger charge is 2.28. The molecule has 1 saturated heterocycles. The largest absolute Gasteiger partial charge is 0.329 e. The number of rotatable bonds is 3. The summed E-state index contributed by atoms with van der Waals surface area (Å²) in [5.41, 5.74) is 2.29. The highest BCUT2D eigenvalue weighted by molar-refractivity contribution is 6.30. The Kier molecular flexibility index (Phi) is 7.03. The third-order valence-corrected chi connectivity index (χ3v) is 4.43. The van der Waals surface area contributed by atoms with Crippen LogP contribution in [0, 0.1) is 0 Å². The van der Waals surface area contributed by atoms with Crippen molar-refractivity contribution in [2.45, 2.75) is 13.0 Å². The van der Waals surface area contributed by atoms with Gasteiger partial charge in [0.15, 0.2) is 0 Å². The van der Waals surface area contributed by atoms with E-state index in [0.717, 1.165) is 12.1 Å². The van der Waals surface area contributed by atoms with E-state index in [1.54, 1.807) is 24.3 Å². The van der Waals surface area contributed by atoms with Crippen LogP contribution < -0.4 is 10.6 Å². The van der Waals surface area contributed by atoms with Crippen molar-refractivity contribution in [1.82, 2.24) is 10.2 Å². The molecule has 2 aromatic rings. The number of nitrogens with zero attached hydrogens (tertiary/aromatic N) is 1. The zero-order chi connectivity index (χ0) is 17.8. The Labute approximate surface area is 164 Å². The number of nitrogens with one attached hydrogen (secondary N) is 2. The number of hydrogen-bond acceptors (Lipinski definition) is 3. The molecule has 1 unspecified atom stereocenters. The highest BCUT2D eigenvalue weighted by atomic mass is 35.5. The van der Waals surface area contributed by atoms with Gasteiger partial charge in [0.2, 0.25) is 5.91 Å². The first-order chi connectivity index (χ1) is 12.0. The van der Waals surface area contributed by atoms with E-state index in [9.17, 15) is 9.59 Å². The summed E-state index contributed by atoms with van der Waals surface area (Å²) in [4.78, 5) is 26.0. The normalized spacial score (nSPS) is 16.5. The van der Waals surface area contributed by atoms with Crippen LogP contribution in [-0.4, -0.2) is 36.3 Å². The molecule has 0 radical (unpaired) electrons. The summed E-state index contributed by atoms with van der Waals surface area (Å²) in [6.45, 7) is 3.53. The minimum Gasteiger partial charge on any atom is -0.329 e. The number of benzene rings is 2. The molecule has 5 nitrogen and oxygen atoms in total. The van der Waals surface area contributed by atoms with Gasteiger partial charge < -0.3 is 15.5 Å². The number of hydrogen-bond donors (Lipinski definition) is 2. The first kappa shape index (κ1) is 20.2. The second-order valence-corrected chi connectivity index (χ2v) is 6.47. The number of amides is 2. The minimum absolute atomic E-state index is 0. The summed E-state index contributed by atoms with van der Waals surface area (Å²) in [6.07, 6.45) is 0. The van der Waals surface area contributed by atoms with Gasteiger partial charge >= 0.3 is 0 Å². The van der Waals surface area contributed by atoms with Crippen LogP contribution in [0.2, 0.25) is 5.02 Å². The number of piperazine rings is 1. The second kappa shape index (κ2) is 9.03. The summed E-state index contributed by atoms with van der Waals surface area (Å²) in [6, 6.07) is 14.5. The van der Waals surface area contributed by atoms with Gasteiger partial charge in [-0.05, 0) is 42.0 Å². The van der Waals surface area contributed by atoms with E-state index in [1.807, 2.05) is 29.2 Å². The van der Waals surface area contributed by atoms with E-state index >= 15 is 0 Å². The molecule has 0 bridgehead atoms. The van der Waals surface area contributed by atoms with Crippen LogP contribution in [0.25, 0.3) is 0 Å². The van der Waals surface area contributed by atoms with E-state index in [4.69, 9.17) is 11.6 Å². The molecule has 2 N–H and O–H groups in total.